The van der Waals surface area contributed by atoms with Crippen LogP contribution < -0.4 is 10.4 Å². The molecule has 0 spiro atoms. The van der Waals surface area contributed by atoms with E-state index in [4.69, 9.17) is 9.15 Å². The third-order valence-electron chi connectivity index (χ3n) is 4.87. The van der Waals surface area contributed by atoms with Gasteiger partial charge in [0, 0.05) is 5.56 Å². The highest BCUT2D eigenvalue weighted by Crippen LogP contribution is 2.34. The maximum atomic E-state index is 12.3. The van der Waals surface area contributed by atoms with Gasteiger partial charge in [-0.15, -0.1) is 0 Å². The zero-order valence-electron chi connectivity index (χ0n) is 15.0. The number of hydrogen-bond acceptors (Lipinski definition) is 3. The maximum Gasteiger partial charge on any atom is 0.339 e. The highest BCUT2D eigenvalue weighted by Gasteiger charge is 2.20. The van der Waals surface area contributed by atoms with Crippen molar-refractivity contribution < 1.29 is 9.15 Å². The van der Waals surface area contributed by atoms with Crippen molar-refractivity contribution in [2.45, 2.75) is 32.6 Å². The Kier molecular flexibility index (Phi) is 4.61. The van der Waals surface area contributed by atoms with E-state index >= 15 is 0 Å². The van der Waals surface area contributed by atoms with Crippen LogP contribution in [0, 0.1) is 6.92 Å². The number of hydrogen-bond donors (Lipinski definition) is 0. The summed E-state index contributed by atoms with van der Waals surface area (Å²) in [4.78, 5) is 12.3. The quantitative estimate of drug-likeness (QED) is 0.619. The van der Waals surface area contributed by atoms with E-state index in [2.05, 4.69) is 12.1 Å². The molecule has 3 heteroatoms. The smallest absolute Gasteiger partial charge is 0.339 e. The Morgan fingerprint density at radius 3 is 2.65 bits per heavy atom. The Labute approximate surface area is 152 Å². The lowest BCUT2D eigenvalue weighted by molar-refractivity contribution is 0.366. The molecule has 1 aromatic heterocycles. The fourth-order valence-corrected chi connectivity index (χ4v) is 3.67. The molecule has 0 fully saturated rings. The second kappa shape index (κ2) is 7.20. The highest BCUT2D eigenvalue weighted by molar-refractivity contribution is 5.88. The van der Waals surface area contributed by atoms with Gasteiger partial charge in [0.05, 0.1) is 5.39 Å². The topological polar surface area (TPSA) is 39.4 Å². The third-order valence-corrected chi connectivity index (χ3v) is 4.87. The Hall–Kier alpha value is -2.81. The number of ether oxygens (including phenoxy) is 1. The molecular formula is C23H22O3. The van der Waals surface area contributed by atoms with Crippen LogP contribution in [0.15, 0.2) is 57.8 Å². The molecule has 0 bridgehead atoms. The fourth-order valence-electron chi connectivity index (χ4n) is 3.67. The van der Waals surface area contributed by atoms with Crippen molar-refractivity contribution in [1.82, 2.24) is 0 Å². The molecule has 3 aromatic rings. The lowest BCUT2D eigenvalue weighted by Gasteiger charge is -2.18. The van der Waals surface area contributed by atoms with E-state index in [0.717, 1.165) is 59.1 Å². The van der Waals surface area contributed by atoms with Crippen molar-refractivity contribution in [3.8, 4) is 5.75 Å². The highest BCUT2D eigenvalue weighted by atomic mass is 16.5. The van der Waals surface area contributed by atoms with Gasteiger partial charge in [0.15, 0.2) is 0 Å². The molecule has 0 amide bonds. The second-order valence-corrected chi connectivity index (χ2v) is 6.81. The van der Waals surface area contributed by atoms with E-state index in [1.165, 1.54) is 0 Å². The molecule has 0 radical (unpaired) electrons. The average molecular weight is 346 g/mol. The number of aryl methyl sites for hydroxylation is 2. The lowest BCUT2D eigenvalue weighted by atomic mass is 9.90. The predicted molar refractivity (Wildman–Crippen MR) is 105 cm³/mol. The van der Waals surface area contributed by atoms with E-state index in [1.807, 2.05) is 49.4 Å². The summed E-state index contributed by atoms with van der Waals surface area (Å²) < 4.78 is 11.7. The Morgan fingerprint density at radius 1 is 1.08 bits per heavy atom. The summed E-state index contributed by atoms with van der Waals surface area (Å²) in [5.74, 6) is 0.805. The minimum absolute atomic E-state index is 0.187. The minimum Gasteiger partial charge on any atom is -0.489 e. The largest absolute Gasteiger partial charge is 0.489 e. The van der Waals surface area contributed by atoms with Gasteiger partial charge in [-0.05, 0) is 67.5 Å². The van der Waals surface area contributed by atoms with Crippen LogP contribution in [0.25, 0.3) is 17.0 Å². The molecule has 0 unspecified atom stereocenters. The summed E-state index contributed by atoms with van der Waals surface area (Å²) in [6.07, 6.45) is 7.92. The molecule has 0 aliphatic heterocycles. The van der Waals surface area contributed by atoms with Crippen molar-refractivity contribution in [2.24, 2.45) is 0 Å². The third kappa shape index (κ3) is 3.30. The number of rotatable bonds is 4. The van der Waals surface area contributed by atoms with E-state index in [1.54, 1.807) is 0 Å². The molecule has 0 saturated carbocycles. The standard InChI is InChI=1S/C23H22O3/c1-16-14-20(25-13-7-10-17-8-3-2-4-9-17)22-18-11-5-6-12-19(18)23(24)26-21(22)15-16/h2-4,7-10,14-15H,5-6,11-13H2,1H3. The van der Waals surface area contributed by atoms with Gasteiger partial charge in [-0.3, -0.25) is 0 Å². The van der Waals surface area contributed by atoms with Crippen molar-refractivity contribution in [3.63, 3.8) is 0 Å². The van der Waals surface area contributed by atoms with Crippen LogP contribution >= 0.6 is 0 Å². The maximum absolute atomic E-state index is 12.3. The molecule has 0 saturated heterocycles. The van der Waals surface area contributed by atoms with Crippen LogP contribution in [0.1, 0.15) is 35.1 Å². The van der Waals surface area contributed by atoms with Crippen LogP contribution in [0.3, 0.4) is 0 Å². The summed E-state index contributed by atoms with van der Waals surface area (Å²) in [6.45, 7) is 2.47. The molecule has 3 nitrogen and oxygen atoms in total. The van der Waals surface area contributed by atoms with E-state index in [-0.39, 0.29) is 5.63 Å². The number of fused-ring (bicyclic) bond motifs is 3. The van der Waals surface area contributed by atoms with E-state index in [9.17, 15) is 4.79 Å². The normalized spacial score (nSPS) is 13.9. The van der Waals surface area contributed by atoms with Gasteiger partial charge < -0.3 is 9.15 Å². The van der Waals surface area contributed by atoms with Gasteiger partial charge in [-0.2, -0.15) is 0 Å². The molecule has 26 heavy (non-hydrogen) atoms. The summed E-state index contributed by atoms with van der Waals surface area (Å²) in [6, 6.07) is 14.1. The Morgan fingerprint density at radius 2 is 1.85 bits per heavy atom. The van der Waals surface area contributed by atoms with Crippen LogP contribution in [0.2, 0.25) is 0 Å². The molecule has 0 atom stereocenters. The first-order valence-corrected chi connectivity index (χ1v) is 9.16. The second-order valence-electron chi connectivity index (χ2n) is 6.81. The average Bonchev–Trinajstić information content (AvgIpc) is 2.66. The first-order chi connectivity index (χ1) is 12.7. The van der Waals surface area contributed by atoms with Gasteiger partial charge in [0.1, 0.15) is 17.9 Å². The molecule has 1 heterocycles. The van der Waals surface area contributed by atoms with E-state index < -0.39 is 0 Å². The van der Waals surface area contributed by atoms with Crippen molar-refractivity contribution in [1.29, 1.82) is 0 Å². The predicted octanol–water partition coefficient (Wildman–Crippen LogP) is 5.07. The van der Waals surface area contributed by atoms with Crippen molar-refractivity contribution in [2.75, 3.05) is 6.61 Å². The molecule has 1 aliphatic carbocycles. The zero-order valence-corrected chi connectivity index (χ0v) is 15.0. The van der Waals surface area contributed by atoms with Crippen molar-refractivity contribution >= 4 is 17.0 Å². The fraction of sp³-hybridized carbons (Fsp3) is 0.261. The van der Waals surface area contributed by atoms with E-state index in [0.29, 0.717) is 12.2 Å². The molecule has 0 N–H and O–H groups in total. The van der Waals surface area contributed by atoms with Gasteiger partial charge >= 0.3 is 5.63 Å². The van der Waals surface area contributed by atoms with Gasteiger partial charge in [0.25, 0.3) is 0 Å². The summed E-state index contributed by atoms with van der Waals surface area (Å²) in [5.41, 5.74) is 4.57. The summed E-state index contributed by atoms with van der Waals surface area (Å²) in [5, 5.41) is 0.970. The zero-order chi connectivity index (χ0) is 17.9. The van der Waals surface area contributed by atoms with Crippen LogP contribution in [0.5, 0.6) is 5.75 Å². The van der Waals surface area contributed by atoms with Crippen molar-refractivity contribution in [3.05, 3.63) is 81.2 Å². The van der Waals surface area contributed by atoms with Gasteiger partial charge in [-0.1, -0.05) is 36.4 Å². The molecule has 1 aliphatic rings. The summed E-state index contributed by atoms with van der Waals surface area (Å²) >= 11 is 0. The minimum atomic E-state index is -0.187. The first kappa shape index (κ1) is 16.6. The lowest BCUT2D eigenvalue weighted by Crippen LogP contribution is -2.16. The SMILES string of the molecule is Cc1cc(OCC=Cc2ccccc2)c2c3c(c(=O)oc2c1)CCCC3. The Bertz CT molecular complexity index is 1010. The molecule has 132 valence electrons. The molecule has 4 rings (SSSR count). The molecule has 2 aromatic carbocycles. The van der Waals surface area contributed by atoms with Crippen LogP contribution in [-0.2, 0) is 12.8 Å². The first-order valence-electron chi connectivity index (χ1n) is 9.16. The summed E-state index contributed by atoms with van der Waals surface area (Å²) in [7, 11) is 0. The molecular weight excluding hydrogens is 324 g/mol. The van der Waals surface area contributed by atoms with Gasteiger partial charge in [0.2, 0.25) is 0 Å². The monoisotopic (exact) mass is 346 g/mol. The van der Waals surface area contributed by atoms with Crippen LogP contribution in [-0.4, -0.2) is 6.61 Å². The Balaban J connectivity index is 1.68. The van der Waals surface area contributed by atoms with Gasteiger partial charge in [-0.25, -0.2) is 4.79 Å². The number of benzene rings is 2. The van der Waals surface area contributed by atoms with Crippen LogP contribution in [0.4, 0.5) is 0 Å².